The van der Waals surface area contributed by atoms with Crippen molar-refractivity contribution in [2.24, 2.45) is 5.10 Å². The topological polar surface area (TPSA) is 97.3 Å². The number of halogens is 1. The van der Waals surface area contributed by atoms with Crippen molar-refractivity contribution in [2.75, 3.05) is 24.1 Å². The van der Waals surface area contributed by atoms with E-state index < -0.39 is 22.5 Å². The molecule has 0 heterocycles. The molecule has 3 aromatic carbocycles. The van der Waals surface area contributed by atoms with Gasteiger partial charge in [-0.3, -0.25) is 9.10 Å². The van der Waals surface area contributed by atoms with E-state index in [-0.39, 0.29) is 10.6 Å². The third-order valence-electron chi connectivity index (χ3n) is 4.75. The van der Waals surface area contributed by atoms with Crippen molar-refractivity contribution in [1.82, 2.24) is 5.43 Å². The summed E-state index contributed by atoms with van der Waals surface area (Å²) in [4.78, 5) is 12.8. The lowest BCUT2D eigenvalue weighted by atomic mass is 10.2. The third-order valence-corrected chi connectivity index (χ3v) is 6.78. The molecule has 10 heteroatoms. The Morgan fingerprint density at radius 1 is 1.08 bits per heavy atom. The second-order valence-electron chi connectivity index (χ2n) is 7.33. The summed E-state index contributed by atoms with van der Waals surface area (Å²) in [6.45, 7) is 5.54. The Morgan fingerprint density at radius 3 is 2.56 bits per heavy atom. The zero-order valence-electron chi connectivity index (χ0n) is 19.6. The zero-order valence-corrected chi connectivity index (χ0v) is 21.2. The first-order valence-electron chi connectivity index (χ1n) is 11.0. The minimum Gasteiger partial charge on any atom is -0.492 e. The highest BCUT2D eigenvalue weighted by Gasteiger charge is 2.29. The number of rotatable bonds is 12. The van der Waals surface area contributed by atoms with Crippen LogP contribution in [0.25, 0.3) is 0 Å². The summed E-state index contributed by atoms with van der Waals surface area (Å²) in [5, 5.41) is 4.35. The molecule has 0 unspecified atom stereocenters. The number of hydrazone groups is 1. The number of ether oxygens (including phenoxy) is 2. The van der Waals surface area contributed by atoms with Gasteiger partial charge in [-0.2, -0.15) is 5.10 Å². The fourth-order valence-electron chi connectivity index (χ4n) is 3.16. The van der Waals surface area contributed by atoms with Crippen LogP contribution >= 0.6 is 11.6 Å². The number of amides is 1. The Hall–Kier alpha value is -3.82. The first-order chi connectivity index (χ1) is 17.3. The maximum atomic E-state index is 13.5. The average molecular weight is 528 g/mol. The zero-order chi connectivity index (χ0) is 26.0. The van der Waals surface area contributed by atoms with Gasteiger partial charge in [-0.15, -0.1) is 0 Å². The average Bonchev–Trinajstić information content (AvgIpc) is 2.87. The number of hydrogen-bond acceptors (Lipinski definition) is 6. The monoisotopic (exact) mass is 527 g/mol. The van der Waals surface area contributed by atoms with Gasteiger partial charge in [-0.05, 0) is 61.0 Å². The third kappa shape index (κ3) is 7.10. The summed E-state index contributed by atoms with van der Waals surface area (Å²) < 4.78 is 39.2. The Labute approximate surface area is 215 Å². The lowest BCUT2D eigenvalue weighted by molar-refractivity contribution is -0.119. The lowest BCUT2D eigenvalue weighted by Gasteiger charge is -2.25. The van der Waals surface area contributed by atoms with Crippen LogP contribution in [0.2, 0.25) is 5.02 Å². The highest BCUT2D eigenvalue weighted by atomic mass is 35.5. The fourth-order valence-corrected chi connectivity index (χ4v) is 4.72. The van der Waals surface area contributed by atoms with Gasteiger partial charge < -0.3 is 9.47 Å². The normalized spacial score (nSPS) is 11.2. The number of anilines is 1. The molecule has 0 saturated heterocycles. The van der Waals surface area contributed by atoms with Gasteiger partial charge in [0.05, 0.1) is 23.4 Å². The maximum absolute atomic E-state index is 13.5. The van der Waals surface area contributed by atoms with E-state index in [4.69, 9.17) is 21.1 Å². The Bertz CT molecular complexity index is 1330. The molecule has 0 fully saturated rings. The van der Waals surface area contributed by atoms with Crippen LogP contribution in [0.1, 0.15) is 12.5 Å². The lowest BCUT2D eigenvalue weighted by Crippen LogP contribution is -2.39. The van der Waals surface area contributed by atoms with Crippen molar-refractivity contribution < 1.29 is 22.7 Å². The van der Waals surface area contributed by atoms with E-state index in [1.54, 1.807) is 61.5 Å². The van der Waals surface area contributed by atoms with Gasteiger partial charge in [0.2, 0.25) is 0 Å². The summed E-state index contributed by atoms with van der Waals surface area (Å²) in [7, 11) is -4.14. The number of nitrogens with one attached hydrogen (secondary N) is 1. The standard InChI is InChI=1S/C26H26ClN3O5S/c1-3-16-35-22-9-7-8-20(17-22)18-28-29-26(31)19-30(24-10-5-6-11-25(24)34-4-2)36(32,33)23-14-12-21(27)13-15-23/h3,5-15,17-18H,1,4,16,19H2,2H3,(H,29,31)/b28-18-. The molecular formula is C26H26ClN3O5S. The Morgan fingerprint density at radius 2 is 1.83 bits per heavy atom. The SMILES string of the molecule is C=CCOc1cccc(/C=N\NC(=O)CN(c2ccccc2OCC)S(=O)(=O)c2ccc(Cl)cc2)c1. The largest absolute Gasteiger partial charge is 0.492 e. The summed E-state index contributed by atoms with van der Waals surface area (Å²) in [6.07, 6.45) is 3.07. The van der Waals surface area contributed by atoms with Gasteiger partial charge in [0, 0.05) is 5.02 Å². The molecule has 0 bridgehead atoms. The number of para-hydroxylation sites is 2. The molecule has 0 saturated carbocycles. The first kappa shape index (κ1) is 26.8. The fraction of sp³-hybridized carbons (Fsp3) is 0.154. The molecular weight excluding hydrogens is 502 g/mol. The van der Waals surface area contributed by atoms with Crippen molar-refractivity contribution in [1.29, 1.82) is 0 Å². The van der Waals surface area contributed by atoms with Gasteiger partial charge >= 0.3 is 0 Å². The van der Waals surface area contributed by atoms with E-state index in [2.05, 4.69) is 17.1 Å². The second-order valence-corrected chi connectivity index (χ2v) is 9.63. The minimum atomic E-state index is -4.14. The van der Waals surface area contributed by atoms with Gasteiger partial charge in [0.25, 0.3) is 15.9 Å². The first-order valence-corrected chi connectivity index (χ1v) is 12.8. The van der Waals surface area contributed by atoms with Crippen molar-refractivity contribution in [2.45, 2.75) is 11.8 Å². The van der Waals surface area contributed by atoms with Gasteiger partial charge in [0.15, 0.2) is 0 Å². The minimum absolute atomic E-state index is 0.0224. The smallest absolute Gasteiger partial charge is 0.264 e. The van der Waals surface area contributed by atoms with E-state index in [1.165, 1.54) is 30.5 Å². The predicted octanol–water partition coefficient (Wildman–Crippen LogP) is 4.65. The van der Waals surface area contributed by atoms with Crippen molar-refractivity contribution >= 4 is 39.4 Å². The van der Waals surface area contributed by atoms with E-state index in [1.807, 2.05) is 0 Å². The van der Waals surface area contributed by atoms with E-state index in [0.717, 1.165) is 4.31 Å². The summed E-state index contributed by atoms with van der Waals surface area (Å²) >= 11 is 5.93. The van der Waals surface area contributed by atoms with E-state index >= 15 is 0 Å². The molecule has 0 spiro atoms. The molecule has 0 aliphatic carbocycles. The van der Waals surface area contributed by atoms with E-state index in [0.29, 0.717) is 35.3 Å². The summed E-state index contributed by atoms with van der Waals surface area (Å²) in [5.41, 5.74) is 3.29. The van der Waals surface area contributed by atoms with E-state index in [9.17, 15) is 13.2 Å². The predicted molar refractivity (Wildman–Crippen MR) is 141 cm³/mol. The number of benzene rings is 3. The van der Waals surface area contributed by atoms with Crippen LogP contribution in [0.15, 0.2) is 95.4 Å². The molecule has 0 aromatic heterocycles. The molecule has 3 aromatic rings. The molecule has 1 N–H and O–H groups in total. The van der Waals surface area contributed by atoms with Crippen LogP contribution in [0.5, 0.6) is 11.5 Å². The summed E-state index contributed by atoms with van der Waals surface area (Å²) in [6, 6.07) is 19.4. The molecule has 1 amide bonds. The number of carbonyl (C=O) groups is 1. The highest BCUT2D eigenvalue weighted by molar-refractivity contribution is 7.92. The quantitative estimate of drug-likeness (QED) is 0.210. The van der Waals surface area contributed by atoms with Crippen LogP contribution in [-0.2, 0) is 14.8 Å². The molecule has 0 aliphatic rings. The van der Waals surface area contributed by atoms with Gasteiger partial charge in [-0.1, -0.05) is 48.5 Å². The molecule has 8 nitrogen and oxygen atoms in total. The van der Waals surface area contributed by atoms with Crippen molar-refractivity contribution in [3.63, 3.8) is 0 Å². The number of hydrogen-bond donors (Lipinski definition) is 1. The maximum Gasteiger partial charge on any atom is 0.264 e. The van der Waals surface area contributed by atoms with Crippen LogP contribution in [0, 0.1) is 0 Å². The van der Waals surface area contributed by atoms with Crippen LogP contribution in [-0.4, -0.2) is 40.3 Å². The van der Waals surface area contributed by atoms with Gasteiger partial charge in [0.1, 0.15) is 24.7 Å². The van der Waals surface area contributed by atoms with Crippen LogP contribution in [0.3, 0.4) is 0 Å². The Kier molecular flexibility index (Phi) is 9.49. The van der Waals surface area contributed by atoms with Crippen molar-refractivity contribution in [3.8, 4) is 11.5 Å². The number of nitrogens with zero attached hydrogens (tertiary/aromatic N) is 2. The Balaban J connectivity index is 1.84. The molecule has 3 rings (SSSR count). The molecule has 0 atom stereocenters. The van der Waals surface area contributed by atoms with Crippen LogP contribution < -0.4 is 19.2 Å². The van der Waals surface area contributed by atoms with Crippen LogP contribution in [0.4, 0.5) is 5.69 Å². The number of carbonyl (C=O) groups excluding carboxylic acids is 1. The molecule has 36 heavy (non-hydrogen) atoms. The molecule has 188 valence electrons. The summed E-state index contributed by atoms with van der Waals surface area (Å²) in [5.74, 6) is 0.303. The van der Waals surface area contributed by atoms with Gasteiger partial charge in [-0.25, -0.2) is 13.8 Å². The molecule has 0 aliphatic heterocycles. The number of sulfonamides is 1. The molecule has 0 radical (unpaired) electrons. The van der Waals surface area contributed by atoms with Crippen molar-refractivity contribution in [3.05, 3.63) is 96.0 Å². The second kappa shape index (κ2) is 12.8. The highest BCUT2D eigenvalue weighted by Crippen LogP contribution is 2.32.